The Bertz CT molecular complexity index is 714. The van der Waals surface area contributed by atoms with Crippen molar-refractivity contribution in [2.24, 2.45) is 0 Å². The molecule has 13 heteroatoms. The van der Waals surface area contributed by atoms with Crippen molar-refractivity contribution in [3.63, 3.8) is 0 Å². The van der Waals surface area contributed by atoms with E-state index in [2.05, 4.69) is 0 Å². The predicted molar refractivity (Wildman–Crippen MR) is 55.1 cm³/mol. The molecule has 1 rings (SSSR count). The maximum Gasteiger partial charge on any atom is 0.373 e. The normalized spacial score (nSPS) is 12.6. The van der Waals surface area contributed by atoms with Gasteiger partial charge in [0.25, 0.3) is 0 Å². The molecule has 0 aliphatic rings. The molecule has 4 nitrogen and oxygen atoms in total. The first kappa shape index (κ1) is 19.6. The zero-order chi connectivity index (χ0) is 19.2. The molecule has 0 saturated heterocycles. The van der Waals surface area contributed by atoms with Crippen LogP contribution in [0.15, 0.2) is 0 Å². The Morgan fingerprint density at radius 1 is 0.792 bits per heavy atom. The van der Waals surface area contributed by atoms with E-state index in [1.54, 1.807) is 0 Å². The van der Waals surface area contributed by atoms with Crippen molar-refractivity contribution in [3.05, 3.63) is 34.1 Å². The second kappa shape index (κ2) is 5.87. The second-order valence-corrected chi connectivity index (χ2v) is 4.18. The lowest BCUT2D eigenvalue weighted by atomic mass is 9.94. The number of aromatic carboxylic acids is 2. The quantitative estimate of drug-likeness (QED) is 0.615. The van der Waals surface area contributed by atoms with Crippen LogP contribution in [0.1, 0.15) is 26.3 Å². The van der Waals surface area contributed by atoms with Crippen LogP contribution in [0, 0.1) is 17.5 Å². The fourth-order valence-electron chi connectivity index (χ4n) is 1.64. The number of carboxylic acids is 2. The molecule has 0 spiro atoms. The van der Waals surface area contributed by atoms with E-state index in [-0.39, 0.29) is 0 Å². The van der Waals surface area contributed by atoms with Gasteiger partial charge in [-0.25, -0.2) is 31.5 Å². The number of hydrogen-bond acceptors (Lipinski definition) is 2. The molecular weight excluding hydrogens is 367 g/mol. The lowest BCUT2D eigenvalue weighted by molar-refractivity contribution is -0.272. The SMILES string of the molecule is O=C(O)c1c(F)c(F)c(C(F)(F)C(F)(F)C(F)F)c(F)c1C(=O)O. The highest BCUT2D eigenvalue weighted by molar-refractivity contribution is 6.02. The van der Waals surface area contributed by atoms with Crippen LogP contribution in [-0.2, 0) is 5.92 Å². The van der Waals surface area contributed by atoms with Crippen molar-refractivity contribution >= 4 is 11.9 Å². The first-order valence-corrected chi connectivity index (χ1v) is 5.40. The minimum absolute atomic E-state index is 2.28. The van der Waals surface area contributed by atoms with Crippen molar-refractivity contribution in [2.75, 3.05) is 0 Å². The Kier molecular flexibility index (Phi) is 4.79. The summed E-state index contributed by atoms with van der Waals surface area (Å²) in [5.74, 6) is -27.5. The monoisotopic (exact) mass is 370 g/mol. The largest absolute Gasteiger partial charge is 0.478 e. The zero-order valence-electron chi connectivity index (χ0n) is 10.7. The van der Waals surface area contributed by atoms with E-state index in [1.807, 2.05) is 0 Å². The molecule has 1 aromatic carbocycles. The summed E-state index contributed by atoms with van der Waals surface area (Å²) in [5, 5.41) is 17.0. The maximum atomic E-state index is 13.8. The summed E-state index contributed by atoms with van der Waals surface area (Å²) in [6.07, 6.45) is -5.17. The minimum atomic E-state index is -6.42. The van der Waals surface area contributed by atoms with Gasteiger partial charge in [0, 0.05) is 0 Å². The summed E-state index contributed by atoms with van der Waals surface area (Å²) < 4.78 is 117. The van der Waals surface area contributed by atoms with Gasteiger partial charge in [0.2, 0.25) is 0 Å². The van der Waals surface area contributed by atoms with E-state index in [0.717, 1.165) is 0 Å². The van der Waals surface area contributed by atoms with Gasteiger partial charge in [-0.3, -0.25) is 0 Å². The molecule has 0 radical (unpaired) electrons. The Hall–Kier alpha value is -2.47. The fraction of sp³-hybridized carbons (Fsp3) is 0.273. The zero-order valence-corrected chi connectivity index (χ0v) is 10.7. The van der Waals surface area contributed by atoms with Crippen LogP contribution < -0.4 is 0 Å². The number of halogens is 9. The fourth-order valence-corrected chi connectivity index (χ4v) is 1.64. The van der Waals surface area contributed by atoms with Crippen LogP contribution in [0.3, 0.4) is 0 Å². The molecule has 0 aliphatic carbocycles. The maximum absolute atomic E-state index is 13.8. The van der Waals surface area contributed by atoms with E-state index in [9.17, 15) is 49.1 Å². The topological polar surface area (TPSA) is 74.6 Å². The Balaban J connectivity index is 4.00. The molecule has 0 unspecified atom stereocenters. The van der Waals surface area contributed by atoms with Crippen molar-refractivity contribution in [1.29, 1.82) is 0 Å². The Morgan fingerprint density at radius 2 is 1.17 bits per heavy atom. The Morgan fingerprint density at radius 3 is 1.50 bits per heavy atom. The van der Waals surface area contributed by atoms with Gasteiger partial charge in [0.05, 0.1) is 0 Å². The molecule has 0 atom stereocenters. The Labute approximate surface area is 125 Å². The highest BCUT2D eigenvalue weighted by Gasteiger charge is 2.66. The molecule has 0 fully saturated rings. The standard InChI is InChI=1S/C11H3F9O4/c12-4-1(7(21)22)2(8(23)24)5(13)6(14)3(4)10(17,18)11(19,20)9(15)16/h9H,(H,21,22)(H,23,24). The van der Waals surface area contributed by atoms with Gasteiger partial charge in [-0.1, -0.05) is 0 Å². The van der Waals surface area contributed by atoms with Gasteiger partial charge in [-0.05, 0) is 0 Å². The van der Waals surface area contributed by atoms with Crippen molar-refractivity contribution in [2.45, 2.75) is 18.3 Å². The summed E-state index contributed by atoms with van der Waals surface area (Å²) in [5.41, 5.74) is -8.04. The number of carbonyl (C=O) groups is 2. The van der Waals surface area contributed by atoms with Gasteiger partial charge in [0.1, 0.15) is 16.7 Å². The smallest absolute Gasteiger partial charge is 0.373 e. The van der Waals surface area contributed by atoms with E-state index in [1.165, 1.54) is 0 Å². The van der Waals surface area contributed by atoms with Gasteiger partial charge in [-0.15, -0.1) is 0 Å². The highest BCUT2D eigenvalue weighted by atomic mass is 19.3. The summed E-state index contributed by atoms with van der Waals surface area (Å²) in [7, 11) is 0. The number of alkyl halides is 6. The van der Waals surface area contributed by atoms with Crippen LogP contribution in [0.25, 0.3) is 0 Å². The first-order valence-electron chi connectivity index (χ1n) is 5.40. The summed E-state index contributed by atoms with van der Waals surface area (Å²) in [6, 6.07) is 0. The van der Waals surface area contributed by atoms with Crippen molar-refractivity contribution in [3.8, 4) is 0 Å². The average Bonchev–Trinajstić information content (AvgIpc) is 2.40. The van der Waals surface area contributed by atoms with Crippen LogP contribution in [0.5, 0.6) is 0 Å². The van der Waals surface area contributed by atoms with Crippen LogP contribution >= 0.6 is 0 Å². The molecule has 0 aromatic heterocycles. The molecular formula is C11H3F9O4. The van der Waals surface area contributed by atoms with Gasteiger partial charge in [0.15, 0.2) is 17.5 Å². The number of carboxylic acid groups (broad SMARTS) is 2. The van der Waals surface area contributed by atoms with Crippen molar-refractivity contribution < 1.29 is 59.3 Å². The molecule has 0 heterocycles. The lowest BCUT2D eigenvalue weighted by Crippen LogP contribution is -2.45. The number of rotatable bonds is 5. The van der Waals surface area contributed by atoms with E-state index >= 15 is 0 Å². The predicted octanol–water partition coefficient (Wildman–Crippen LogP) is 3.49. The van der Waals surface area contributed by atoms with Crippen LogP contribution in [-0.4, -0.2) is 34.5 Å². The van der Waals surface area contributed by atoms with E-state index in [4.69, 9.17) is 10.2 Å². The van der Waals surface area contributed by atoms with E-state index in [0.29, 0.717) is 0 Å². The summed E-state index contributed by atoms with van der Waals surface area (Å²) in [4.78, 5) is 21.3. The minimum Gasteiger partial charge on any atom is -0.478 e. The molecule has 0 bridgehead atoms. The molecule has 0 aliphatic heterocycles. The molecule has 0 saturated carbocycles. The molecule has 2 N–H and O–H groups in total. The molecule has 1 aromatic rings. The summed E-state index contributed by atoms with van der Waals surface area (Å²) in [6.45, 7) is 0. The lowest BCUT2D eigenvalue weighted by Gasteiger charge is -2.27. The molecule has 134 valence electrons. The average molecular weight is 370 g/mol. The second-order valence-electron chi connectivity index (χ2n) is 4.18. The highest BCUT2D eigenvalue weighted by Crippen LogP contribution is 2.49. The first-order chi connectivity index (χ1) is 10.7. The molecule has 0 amide bonds. The number of hydrogen-bond donors (Lipinski definition) is 2. The summed E-state index contributed by atoms with van der Waals surface area (Å²) >= 11 is 0. The van der Waals surface area contributed by atoms with E-state index < -0.39 is 64.4 Å². The number of benzene rings is 1. The van der Waals surface area contributed by atoms with Crippen LogP contribution in [0.2, 0.25) is 0 Å². The van der Waals surface area contributed by atoms with Gasteiger partial charge in [-0.2, -0.15) is 17.6 Å². The van der Waals surface area contributed by atoms with Gasteiger partial charge >= 0.3 is 30.2 Å². The van der Waals surface area contributed by atoms with Crippen molar-refractivity contribution in [1.82, 2.24) is 0 Å². The molecule has 24 heavy (non-hydrogen) atoms. The third-order valence-electron chi connectivity index (χ3n) is 2.76. The van der Waals surface area contributed by atoms with Gasteiger partial charge < -0.3 is 10.2 Å². The third-order valence-corrected chi connectivity index (χ3v) is 2.76. The van der Waals surface area contributed by atoms with Crippen LogP contribution in [0.4, 0.5) is 39.5 Å². The third kappa shape index (κ3) is 2.63.